The second-order valence-corrected chi connectivity index (χ2v) is 4.34. The fraction of sp³-hybridized carbons (Fsp3) is 0. The van der Waals surface area contributed by atoms with E-state index in [1.165, 1.54) is 18.2 Å². The zero-order valence-corrected chi connectivity index (χ0v) is 11.5. The van der Waals surface area contributed by atoms with Crippen LogP contribution in [0.2, 0.25) is 0 Å². The van der Waals surface area contributed by atoms with E-state index in [0.29, 0.717) is 10.3 Å². The number of hydrogen-bond acceptors (Lipinski definition) is 4. The summed E-state index contributed by atoms with van der Waals surface area (Å²) in [7, 11) is -1.95. The SMILES string of the molecule is O=[N+]([O-])c1ccccc1[S+]=S(=O)=O.[Zn]. The van der Waals surface area contributed by atoms with E-state index in [1.54, 1.807) is 6.07 Å². The van der Waals surface area contributed by atoms with Crippen molar-refractivity contribution in [2.75, 3.05) is 0 Å². The fourth-order valence-electron chi connectivity index (χ4n) is 0.752. The third-order valence-electron chi connectivity index (χ3n) is 1.22. The van der Waals surface area contributed by atoms with Gasteiger partial charge in [-0.15, -0.1) is 8.42 Å². The van der Waals surface area contributed by atoms with Crippen molar-refractivity contribution in [1.29, 1.82) is 0 Å². The van der Waals surface area contributed by atoms with Crippen LogP contribution in [-0.4, -0.2) is 13.3 Å². The molecule has 0 aliphatic heterocycles. The van der Waals surface area contributed by atoms with Crippen molar-refractivity contribution in [3.63, 3.8) is 0 Å². The summed E-state index contributed by atoms with van der Waals surface area (Å²) in [6.07, 6.45) is 0. The van der Waals surface area contributed by atoms with Gasteiger partial charge < -0.3 is 0 Å². The minimum absolute atomic E-state index is 0. The first-order valence-electron chi connectivity index (χ1n) is 3.12. The number of para-hydroxylation sites is 1. The van der Waals surface area contributed by atoms with Gasteiger partial charge >= 0.3 is 30.2 Å². The number of hydrogen-bond donors (Lipinski definition) is 0. The predicted octanol–water partition coefficient (Wildman–Crippen LogP) is 0.828. The molecule has 0 radical (unpaired) electrons. The van der Waals surface area contributed by atoms with Crippen molar-refractivity contribution in [2.24, 2.45) is 0 Å². The van der Waals surface area contributed by atoms with Gasteiger partial charge in [-0.3, -0.25) is 10.1 Å². The van der Waals surface area contributed by atoms with Gasteiger partial charge in [0.2, 0.25) is 0 Å². The maximum Gasteiger partial charge on any atom is 0.478 e. The van der Waals surface area contributed by atoms with Gasteiger partial charge in [0.15, 0.2) is 0 Å². The smallest absolute Gasteiger partial charge is 0.258 e. The van der Waals surface area contributed by atoms with Crippen LogP contribution in [0.25, 0.3) is 0 Å². The van der Waals surface area contributed by atoms with Crippen molar-refractivity contribution in [3.05, 3.63) is 34.4 Å². The van der Waals surface area contributed by atoms with Crippen LogP contribution in [0.15, 0.2) is 29.2 Å². The molecule has 1 aromatic rings. The Morgan fingerprint density at radius 3 is 2.36 bits per heavy atom. The Kier molecular flexibility index (Phi) is 5.60. The van der Waals surface area contributed by atoms with Crippen molar-refractivity contribution >= 4 is 25.3 Å². The van der Waals surface area contributed by atoms with E-state index in [-0.39, 0.29) is 30.1 Å². The molecule has 14 heavy (non-hydrogen) atoms. The molecule has 0 aliphatic carbocycles. The predicted molar refractivity (Wildman–Crippen MR) is 47.6 cm³/mol. The Morgan fingerprint density at radius 1 is 1.29 bits per heavy atom. The molecule has 0 bridgehead atoms. The van der Waals surface area contributed by atoms with Crippen molar-refractivity contribution < 1.29 is 32.8 Å². The molecule has 0 saturated carbocycles. The first-order valence-corrected chi connectivity index (χ1v) is 5.53. The summed E-state index contributed by atoms with van der Waals surface area (Å²) in [6, 6.07) is 5.67. The van der Waals surface area contributed by atoms with E-state index >= 15 is 0 Å². The van der Waals surface area contributed by atoms with Gasteiger partial charge in [-0.2, -0.15) is 0 Å². The minimum Gasteiger partial charge on any atom is -0.258 e. The quantitative estimate of drug-likeness (QED) is 0.348. The molecule has 0 spiro atoms. The number of nitro benzene ring substituents is 1. The van der Waals surface area contributed by atoms with Crippen LogP contribution in [-0.2, 0) is 39.1 Å². The molecular weight excluding hydrogens is 280 g/mol. The molecule has 0 heterocycles. The molecule has 1 aromatic carbocycles. The molecule has 5 nitrogen and oxygen atoms in total. The standard InChI is InChI=1S/C6H4NO4S2.Zn/c8-7(9)5-3-1-2-4-6(5)12-13(10)11;/h1-4H;/q+1;. The molecule has 0 aromatic heterocycles. The van der Waals surface area contributed by atoms with Crippen molar-refractivity contribution in [3.8, 4) is 0 Å². The first-order chi connectivity index (χ1) is 6.11. The fourth-order valence-corrected chi connectivity index (χ4v) is 2.12. The van der Waals surface area contributed by atoms with E-state index in [0.717, 1.165) is 0 Å². The van der Waals surface area contributed by atoms with Crippen molar-refractivity contribution in [1.82, 2.24) is 0 Å². The summed E-state index contributed by atoms with van der Waals surface area (Å²) < 4.78 is 20.6. The van der Waals surface area contributed by atoms with Gasteiger partial charge in [-0.05, 0) is 0 Å². The van der Waals surface area contributed by atoms with E-state index in [9.17, 15) is 18.5 Å². The van der Waals surface area contributed by atoms with Crippen molar-refractivity contribution in [2.45, 2.75) is 4.90 Å². The Labute approximate surface area is 97.2 Å². The Bertz CT molecular complexity index is 462. The molecule has 8 heteroatoms. The van der Waals surface area contributed by atoms with Crippen LogP contribution in [0.3, 0.4) is 0 Å². The monoisotopic (exact) mass is 282 g/mol. The molecule has 0 atom stereocenters. The molecule has 0 fully saturated rings. The first kappa shape index (κ1) is 13.3. The minimum atomic E-state index is -2.38. The summed E-state index contributed by atoms with van der Waals surface area (Å²) in [4.78, 5) is 9.90. The molecule has 0 unspecified atom stereocenters. The summed E-state index contributed by atoms with van der Waals surface area (Å²) in [5.41, 5.74) is -0.197. The van der Waals surface area contributed by atoms with Crippen LogP contribution in [0.5, 0.6) is 0 Å². The number of benzene rings is 1. The van der Waals surface area contributed by atoms with Crippen LogP contribution in [0.4, 0.5) is 5.69 Å². The van der Waals surface area contributed by atoms with Crippen LogP contribution >= 0.6 is 0 Å². The van der Waals surface area contributed by atoms with Gasteiger partial charge in [0, 0.05) is 31.6 Å². The number of rotatable bonds is 2. The molecular formula is C6H4NO4S2Zn+. The maximum atomic E-state index is 10.4. The number of nitrogens with zero attached hydrogens (tertiary/aromatic N) is 1. The van der Waals surface area contributed by atoms with Crippen LogP contribution < -0.4 is 0 Å². The molecule has 0 saturated heterocycles. The van der Waals surface area contributed by atoms with E-state index in [1.807, 2.05) is 0 Å². The van der Waals surface area contributed by atoms with Gasteiger partial charge in [0.1, 0.15) is 0 Å². The van der Waals surface area contributed by atoms with Gasteiger partial charge in [-0.1, -0.05) is 12.1 Å². The number of nitro groups is 1. The van der Waals surface area contributed by atoms with Crippen LogP contribution in [0, 0.1) is 10.1 Å². The largest absolute Gasteiger partial charge is 0.478 e. The molecule has 1 rings (SSSR count). The topological polar surface area (TPSA) is 77.3 Å². The van der Waals surface area contributed by atoms with Gasteiger partial charge in [0.05, 0.1) is 4.92 Å². The second kappa shape index (κ2) is 5.90. The second-order valence-electron chi connectivity index (χ2n) is 2.01. The summed E-state index contributed by atoms with van der Waals surface area (Å²) >= 11 is 0. The van der Waals surface area contributed by atoms with Gasteiger partial charge in [0.25, 0.3) is 0 Å². The Morgan fingerprint density at radius 2 is 1.86 bits per heavy atom. The summed E-state index contributed by atoms with van der Waals surface area (Å²) in [6.45, 7) is 0. The normalized spacial score (nSPS) is 8.57. The zero-order chi connectivity index (χ0) is 9.84. The zero-order valence-electron chi connectivity index (χ0n) is 6.91. The average Bonchev–Trinajstić information content (AvgIpc) is 2.03. The van der Waals surface area contributed by atoms with E-state index in [2.05, 4.69) is 0 Å². The summed E-state index contributed by atoms with van der Waals surface area (Å²) in [5, 5.41) is 10.4. The maximum absolute atomic E-state index is 10.4. The molecule has 70 valence electrons. The Balaban J connectivity index is 0.00000169. The molecule has 0 N–H and O–H groups in total. The molecule has 0 amide bonds. The van der Waals surface area contributed by atoms with E-state index < -0.39 is 14.2 Å². The Hall–Kier alpha value is -0.717. The van der Waals surface area contributed by atoms with E-state index in [4.69, 9.17) is 0 Å². The van der Waals surface area contributed by atoms with Gasteiger partial charge in [-0.25, -0.2) is 0 Å². The molecule has 0 aliphatic rings. The van der Waals surface area contributed by atoms with Crippen LogP contribution in [0.1, 0.15) is 0 Å². The third-order valence-corrected chi connectivity index (χ3v) is 2.83. The third kappa shape index (κ3) is 3.57. The average molecular weight is 284 g/mol. The summed E-state index contributed by atoms with van der Waals surface area (Å²) in [5.74, 6) is 0.